The van der Waals surface area contributed by atoms with Gasteiger partial charge >= 0.3 is 6.03 Å². The maximum atomic E-state index is 13.7. The summed E-state index contributed by atoms with van der Waals surface area (Å²) >= 11 is 1.12. The van der Waals surface area contributed by atoms with Crippen LogP contribution in [0.5, 0.6) is 11.5 Å². The molecule has 0 saturated carbocycles. The SMILES string of the molecule is COc1ccc(NC(=O)Nc2cccc3c2O[C@H](CN(C)S(=O)(=O)c2cccs2)[C@@H](C)CN([C@@H](C)CO)C3=O)cc1. The third-order valence-corrected chi connectivity index (χ3v) is 10.1. The number of carbonyl (C=O) groups is 2. The van der Waals surface area contributed by atoms with Gasteiger partial charge in [0.15, 0.2) is 5.75 Å². The van der Waals surface area contributed by atoms with E-state index in [9.17, 15) is 23.1 Å². The van der Waals surface area contributed by atoms with Crippen LogP contribution in [0.15, 0.2) is 64.2 Å². The number of hydrogen-bond acceptors (Lipinski definition) is 8. The van der Waals surface area contributed by atoms with E-state index in [1.165, 1.54) is 11.4 Å². The summed E-state index contributed by atoms with van der Waals surface area (Å²) in [6, 6.07) is 13.7. The number of rotatable bonds is 9. The highest BCUT2D eigenvalue weighted by atomic mass is 32.2. The first-order valence-corrected chi connectivity index (χ1v) is 15.3. The maximum Gasteiger partial charge on any atom is 0.323 e. The number of anilines is 2. The molecule has 0 fully saturated rings. The fourth-order valence-corrected chi connectivity index (χ4v) is 6.82. The minimum atomic E-state index is -3.77. The number of ether oxygens (including phenoxy) is 2. The number of thiophene rings is 1. The van der Waals surface area contributed by atoms with Gasteiger partial charge in [-0.1, -0.05) is 19.1 Å². The molecule has 3 N–H and O–H groups in total. The highest BCUT2D eigenvalue weighted by molar-refractivity contribution is 7.91. The van der Waals surface area contributed by atoms with Gasteiger partial charge in [-0.3, -0.25) is 4.79 Å². The van der Waals surface area contributed by atoms with E-state index in [0.29, 0.717) is 11.4 Å². The van der Waals surface area contributed by atoms with Crippen molar-refractivity contribution in [1.82, 2.24) is 9.21 Å². The first-order chi connectivity index (χ1) is 19.5. The molecule has 2 aromatic carbocycles. The van der Waals surface area contributed by atoms with Gasteiger partial charge in [-0.05, 0) is 54.8 Å². The topological polar surface area (TPSA) is 138 Å². The second-order valence-electron chi connectivity index (χ2n) is 9.83. The minimum absolute atomic E-state index is 0.0112. The molecule has 3 amide bonds. The van der Waals surface area contributed by atoms with Gasteiger partial charge in [0.05, 0.1) is 37.6 Å². The van der Waals surface area contributed by atoms with E-state index >= 15 is 0 Å². The molecule has 1 aliphatic rings. The number of hydrogen-bond donors (Lipinski definition) is 3. The lowest BCUT2D eigenvalue weighted by Gasteiger charge is -2.38. The van der Waals surface area contributed by atoms with Crippen molar-refractivity contribution >= 4 is 44.7 Å². The van der Waals surface area contributed by atoms with Crippen LogP contribution < -0.4 is 20.1 Å². The number of methoxy groups -OCH3 is 1. The van der Waals surface area contributed by atoms with Crippen LogP contribution in [0.25, 0.3) is 0 Å². The summed E-state index contributed by atoms with van der Waals surface area (Å²) in [6.45, 7) is 3.56. The van der Waals surface area contributed by atoms with Crippen molar-refractivity contribution < 1.29 is 32.6 Å². The quantitative estimate of drug-likeness (QED) is 0.337. The number of para-hydroxylation sites is 1. The first-order valence-electron chi connectivity index (χ1n) is 13.0. The van der Waals surface area contributed by atoms with Gasteiger partial charge in [0.25, 0.3) is 15.9 Å². The number of likely N-dealkylation sites (N-methyl/N-ethyl adjacent to an activating group) is 1. The molecule has 41 heavy (non-hydrogen) atoms. The number of nitrogens with one attached hydrogen (secondary N) is 2. The lowest BCUT2D eigenvalue weighted by atomic mass is 9.99. The Bertz CT molecular complexity index is 1460. The molecule has 0 spiro atoms. The molecule has 11 nitrogen and oxygen atoms in total. The molecule has 0 aliphatic carbocycles. The molecule has 220 valence electrons. The largest absolute Gasteiger partial charge is 0.497 e. The molecule has 3 atom stereocenters. The highest BCUT2D eigenvalue weighted by Crippen LogP contribution is 2.35. The molecule has 0 saturated heterocycles. The predicted octanol–water partition coefficient (Wildman–Crippen LogP) is 3.94. The lowest BCUT2D eigenvalue weighted by Crippen LogP contribution is -2.50. The second kappa shape index (κ2) is 12.9. The van der Waals surface area contributed by atoms with E-state index < -0.39 is 28.2 Å². The van der Waals surface area contributed by atoms with Crippen molar-refractivity contribution in [2.75, 3.05) is 44.5 Å². The average molecular weight is 603 g/mol. The Morgan fingerprint density at radius 2 is 1.93 bits per heavy atom. The van der Waals surface area contributed by atoms with Gasteiger partial charge in [-0.15, -0.1) is 11.3 Å². The average Bonchev–Trinajstić information content (AvgIpc) is 3.51. The Labute approximate surface area is 243 Å². The number of benzene rings is 2. The van der Waals surface area contributed by atoms with Crippen molar-refractivity contribution in [1.29, 1.82) is 0 Å². The van der Waals surface area contributed by atoms with Gasteiger partial charge in [-0.25, -0.2) is 13.2 Å². The summed E-state index contributed by atoms with van der Waals surface area (Å²) in [4.78, 5) is 28.1. The number of fused-ring (bicyclic) bond motifs is 1. The van der Waals surface area contributed by atoms with E-state index in [4.69, 9.17) is 9.47 Å². The summed E-state index contributed by atoms with van der Waals surface area (Å²) in [5, 5.41) is 17.1. The number of carbonyl (C=O) groups excluding carboxylic acids is 2. The fourth-order valence-electron chi connectivity index (χ4n) is 4.43. The molecule has 0 unspecified atom stereocenters. The third-order valence-electron chi connectivity index (χ3n) is 6.88. The zero-order valence-corrected chi connectivity index (χ0v) is 24.9. The number of urea groups is 1. The number of aliphatic hydroxyl groups is 1. The Kier molecular flexibility index (Phi) is 9.53. The van der Waals surface area contributed by atoms with Crippen LogP contribution >= 0.6 is 11.3 Å². The van der Waals surface area contributed by atoms with Crippen LogP contribution in [0.2, 0.25) is 0 Å². The molecule has 13 heteroatoms. The van der Waals surface area contributed by atoms with Crippen molar-refractivity contribution in [2.45, 2.75) is 30.2 Å². The van der Waals surface area contributed by atoms with E-state index in [1.54, 1.807) is 78.9 Å². The Balaban J connectivity index is 1.66. The summed E-state index contributed by atoms with van der Waals surface area (Å²) in [5.74, 6) is 0.0603. The van der Waals surface area contributed by atoms with Crippen molar-refractivity contribution in [3.63, 3.8) is 0 Å². The van der Waals surface area contributed by atoms with Crippen LogP contribution in [0.4, 0.5) is 16.2 Å². The molecule has 1 aromatic heterocycles. The predicted molar refractivity (Wildman–Crippen MR) is 157 cm³/mol. The molecule has 4 rings (SSSR count). The molecule has 1 aliphatic heterocycles. The molecular weight excluding hydrogens is 568 g/mol. The van der Waals surface area contributed by atoms with Crippen LogP contribution in [0.3, 0.4) is 0 Å². The van der Waals surface area contributed by atoms with Gasteiger partial charge < -0.3 is 30.1 Å². The Morgan fingerprint density at radius 1 is 1.20 bits per heavy atom. The Morgan fingerprint density at radius 3 is 2.56 bits per heavy atom. The smallest absolute Gasteiger partial charge is 0.323 e. The zero-order valence-electron chi connectivity index (χ0n) is 23.2. The minimum Gasteiger partial charge on any atom is -0.497 e. The molecule has 3 aromatic rings. The van der Waals surface area contributed by atoms with Gasteiger partial charge in [-0.2, -0.15) is 4.31 Å². The van der Waals surface area contributed by atoms with Gasteiger partial charge in [0.1, 0.15) is 16.1 Å². The van der Waals surface area contributed by atoms with Crippen molar-refractivity contribution in [3.05, 3.63) is 65.5 Å². The Hall–Kier alpha value is -3.65. The van der Waals surface area contributed by atoms with Crippen molar-refractivity contribution in [2.24, 2.45) is 5.92 Å². The highest BCUT2D eigenvalue weighted by Gasteiger charge is 2.36. The number of sulfonamides is 1. The van der Waals surface area contributed by atoms with E-state index in [1.807, 2.05) is 6.92 Å². The molecule has 2 heterocycles. The zero-order chi connectivity index (χ0) is 29.7. The summed E-state index contributed by atoms with van der Waals surface area (Å²) in [5.41, 5.74) is 0.948. The first kappa shape index (κ1) is 30.3. The number of nitrogens with zero attached hydrogens (tertiary/aromatic N) is 2. The maximum absolute atomic E-state index is 13.7. The molecule has 0 bridgehead atoms. The van der Waals surface area contributed by atoms with Crippen LogP contribution in [0, 0.1) is 5.92 Å². The van der Waals surface area contributed by atoms with Crippen molar-refractivity contribution in [3.8, 4) is 11.5 Å². The summed E-state index contributed by atoms with van der Waals surface area (Å²) in [7, 11) is -0.738. The molecule has 0 radical (unpaired) electrons. The number of amides is 3. The lowest BCUT2D eigenvalue weighted by molar-refractivity contribution is 0.0389. The fraction of sp³-hybridized carbons (Fsp3) is 0.357. The number of aliphatic hydroxyl groups excluding tert-OH is 1. The monoisotopic (exact) mass is 602 g/mol. The van der Waals surface area contributed by atoms with E-state index in [0.717, 1.165) is 11.3 Å². The van der Waals surface area contributed by atoms with Gasteiger partial charge in [0, 0.05) is 25.2 Å². The van der Waals surface area contributed by atoms with Crippen LogP contribution in [0.1, 0.15) is 24.2 Å². The van der Waals surface area contributed by atoms with Gasteiger partial charge in [0.2, 0.25) is 0 Å². The molecular formula is C28H34N4O7S2. The standard InChI is InChI=1S/C28H34N4O7S2/c1-18-15-32(19(2)17-33)27(34)22-7-5-8-23(30-28(35)29-20-10-12-21(38-4)13-11-20)26(22)39-24(18)16-31(3)41(36,37)25-9-6-14-40-25/h5-14,18-19,24,33H,15-17H2,1-4H3,(H2,29,30,35)/t18-,19-,24+/m0/s1. The summed E-state index contributed by atoms with van der Waals surface area (Å²) < 4.78 is 39.4. The van der Waals surface area contributed by atoms with E-state index in [-0.39, 0.29) is 52.7 Å². The second-order valence-corrected chi connectivity index (χ2v) is 13.0. The third kappa shape index (κ3) is 6.81. The van der Waals surface area contributed by atoms with Crippen LogP contribution in [-0.4, -0.2) is 80.7 Å². The van der Waals surface area contributed by atoms with E-state index in [2.05, 4.69) is 10.6 Å². The summed E-state index contributed by atoms with van der Waals surface area (Å²) in [6.07, 6.45) is -0.692. The van der Waals surface area contributed by atoms with Crippen LogP contribution in [-0.2, 0) is 10.0 Å². The normalized spacial score (nSPS) is 18.1.